The number of benzene rings is 1. The van der Waals surface area contributed by atoms with E-state index in [0.717, 1.165) is 15.8 Å². The van der Waals surface area contributed by atoms with Crippen molar-refractivity contribution in [1.29, 1.82) is 0 Å². The summed E-state index contributed by atoms with van der Waals surface area (Å²) < 4.78 is 11.4. The monoisotopic (exact) mass is 330 g/mol. The summed E-state index contributed by atoms with van der Waals surface area (Å²) >= 11 is 9.08. The van der Waals surface area contributed by atoms with Crippen LogP contribution in [0.3, 0.4) is 0 Å². The largest absolute Gasteiger partial charge is 0.496 e. The second-order valence-corrected chi connectivity index (χ2v) is 5.11. The van der Waals surface area contributed by atoms with Crippen molar-refractivity contribution < 1.29 is 14.3 Å². The Morgan fingerprint density at radius 3 is 2.78 bits per heavy atom. The predicted molar refractivity (Wildman–Crippen MR) is 73.1 cm³/mol. The van der Waals surface area contributed by atoms with E-state index in [1.54, 1.807) is 19.2 Å². The quantitative estimate of drug-likeness (QED) is 0.921. The summed E-state index contributed by atoms with van der Waals surface area (Å²) in [4.78, 5) is 0. The van der Waals surface area contributed by atoms with Crippen molar-refractivity contribution in [3.63, 3.8) is 0 Å². The van der Waals surface area contributed by atoms with Gasteiger partial charge in [-0.3, -0.25) is 0 Å². The fourth-order valence-electron chi connectivity index (χ4n) is 1.72. The van der Waals surface area contributed by atoms with Crippen LogP contribution in [-0.2, 0) is 6.42 Å². The first-order valence-electron chi connectivity index (χ1n) is 5.36. The van der Waals surface area contributed by atoms with Gasteiger partial charge in [0.1, 0.15) is 17.6 Å². The van der Waals surface area contributed by atoms with Crippen LogP contribution in [0, 0.1) is 0 Å². The molecule has 5 heteroatoms. The third-order valence-corrected chi connectivity index (χ3v) is 3.27. The van der Waals surface area contributed by atoms with Crippen molar-refractivity contribution in [1.82, 2.24) is 0 Å². The molecule has 0 saturated carbocycles. The number of hydrogen-bond donors (Lipinski definition) is 1. The number of hydrogen-bond acceptors (Lipinski definition) is 3. The van der Waals surface area contributed by atoms with E-state index in [1.807, 2.05) is 18.2 Å². The summed E-state index contributed by atoms with van der Waals surface area (Å²) in [7, 11) is 1.60. The van der Waals surface area contributed by atoms with Crippen LogP contribution in [0.4, 0.5) is 0 Å². The van der Waals surface area contributed by atoms with Crippen LogP contribution in [0.25, 0.3) is 0 Å². The van der Waals surface area contributed by atoms with Crippen molar-refractivity contribution in [3.8, 4) is 5.75 Å². The van der Waals surface area contributed by atoms with Crippen molar-refractivity contribution in [2.45, 2.75) is 12.5 Å². The highest BCUT2D eigenvalue weighted by Crippen LogP contribution is 2.29. The van der Waals surface area contributed by atoms with Crippen molar-refractivity contribution in [2.75, 3.05) is 7.11 Å². The number of aliphatic hydroxyl groups excluding tert-OH is 1. The lowest BCUT2D eigenvalue weighted by atomic mass is 10.1. The number of methoxy groups -OCH3 is 1. The summed E-state index contributed by atoms with van der Waals surface area (Å²) in [6.07, 6.45) is -0.354. The first kappa shape index (κ1) is 13.5. The van der Waals surface area contributed by atoms with Gasteiger partial charge < -0.3 is 14.3 Å². The van der Waals surface area contributed by atoms with E-state index in [9.17, 15) is 5.11 Å². The zero-order valence-corrected chi connectivity index (χ0v) is 12.0. The highest BCUT2D eigenvalue weighted by molar-refractivity contribution is 9.10. The van der Waals surface area contributed by atoms with Crippen LogP contribution in [0.1, 0.15) is 17.4 Å². The molecule has 3 nitrogen and oxygen atoms in total. The zero-order valence-electron chi connectivity index (χ0n) is 9.69. The highest BCUT2D eigenvalue weighted by atomic mass is 79.9. The Hall–Kier alpha value is -0.970. The van der Waals surface area contributed by atoms with Gasteiger partial charge >= 0.3 is 0 Å². The molecule has 1 aromatic heterocycles. The number of halogens is 2. The third kappa shape index (κ3) is 3.07. The third-order valence-electron chi connectivity index (χ3n) is 2.58. The van der Waals surface area contributed by atoms with E-state index >= 15 is 0 Å². The molecule has 0 aliphatic rings. The van der Waals surface area contributed by atoms with Gasteiger partial charge in [0, 0.05) is 10.9 Å². The van der Waals surface area contributed by atoms with E-state index in [2.05, 4.69) is 15.9 Å². The SMILES string of the molecule is COc1ccc(Br)cc1CC(O)c1ccc(Cl)o1. The standard InChI is InChI=1S/C13H12BrClO3/c1-17-11-3-2-9(14)6-8(11)7-10(16)12-4-5-13(15)18-12/h2-6,10,16H,7H2,1H3. The molecule has 1 unspecified atom stereocenters. The number of ether oxygens (including phenoxy) is 1. The second-order valence-electron chi connectivity index (χ2n) is 3.82. The molecule has 2 aromatic rings. The summed E-state index contributed by atoms with van der Waals surface area (Å²) in [5.41, 5.74) is 0.895. The second kappa shape index (κ2) is 5.78. The van der Waals surface area contributed by atoms with Gasteiger partial charge in [-0.2, -0.15) is 0 Å². The number of aliphatic hydroxyl groups is 1. The van der Waals surface area contributed by atoms with Crippen LogP contribution >= 0.6 is 27.5 Å². The molecule has 18 heavy (non-hydrogen) atoms. The highest BCUT2D eigenvalue weighted by Gasteiger charge is 2.15. The summed E-state index contributed by atoms with van der Waals surface area (Å²) in [5, 5.41) is 10.3. The van der Waals surface area contributed by atoms with Crippen LogP contribution in [0.5, 0.6) is 5.75 Å². The molecular formula is C13H12BrClO3. The molecular weight excluding hydrogens is 319 g/mol. The average Bonchev–Trinajstić information content (AvgIpc) is 2.76. The molecule has 2 rings (SSSR count). The van der Waals surface area contributed by atoms with Gasteiger partial charge in [-0.05, 0) is 47.5 Å². The van der Waals surface area contributed by atoms with Crippen molar-refractivity contribution in [3.05, 3.63) is 51.3 Å². The Labute approximate surface area is 118 Å². The molecule has 0 radical (unpaired) electrons. The molecule has 96 valence electrons. The molecule has 0 amide bonds. The molecule has 1 atom stereocenters. The Kier molecular flexibility index (Phi) is 4.32. The van der Waals surface area contributed by atoms with Crippen LogP contribution in [-0.4, -0.2) is 12.2 Å². The minimum Gasteiger partial charge on any atom is -0.496 e. The Morgan fingerprint density at radius 1 is 1.39 bits per heavy atom. The van der Waals surface area contributed by atoms with Crippen LogP contribution in [0.2, 0.25) is 5.22 Å². The van der Waals surface area contributed by atoms with E-state index in [-0.39, 0.29) is 5.22 Å². The predicted octanol–water partition coefficient (Wildman–Crippen LogP) is 3.98. The van der Waals surface area contributed by atoms with Gasteiger partial charge in [-0.15, -0.1) is 0 Å². The molecule has 1 aromatic carbocycles. The maximum atomic E-state index is 10.1. The number of rotatable bonds is 4. The fraction of sp³-hybridized carbons (Fsp3) is 0.231. The molecule has 0 aliphatic carbocycles. The summed E-state index contributed by atoms with van der Waals surface area (Å²) in [5.74, 6) is 1.18. The molecule has 1 N–H and O–H groups in total. The lowest BCUT2D eigenvalue weighted by molar-refractivity contribution is 0.149. The van der Waals surface area contributed by atoms with Crippen molar-refractivity contribution >= 4 is 27.5 Å². The minimum atomic E-state index is -0.749. The number of furan rings is 1. The summed E-state index contributed by atoms with van der Waals surface area (Å²) in [6, 6.07) is 8.92. The smallest absolute Gasteiger partial charge is 0.193 e. The maximum absolute atomic E-state index is 10.1. The molecule has 0 spiro atoms. The molecule has 0 bridgehead atoms. The average molecular weight is 332 g/mol. The summed E-state index contributed by atoms with van der Waals surface area (Å²) in [6.45, 7) is 0. The molecule has 0 fully saturated rings. The topological polar surface area (TPSA) is 42.6 Å². The van der Waals surface area contributed by atoms with Gasteiger partial charge in [-0.1, -0.05) is 15.9 Å². The molecule has 0 aliphatic heterocycles. The Balaban J connectivity index is 2.20. The minimum absolute atomic E-state index is 0.269. The lowest BCUT2D eigenvalue weighted by Gasteiger charge is -2.12. The maximum Gasteiger partial charge on any atom is 0.193 e. The first-order valence-corrected chi connectivity index (χ1v) is 6.53. The van der Waals surface area contributed by atoms with Gasteiger partial charge in [0.05, 0.1) is 7.11 Å². The molecule has 1 heterocycles. The van der Waals surface area contributed by atoms with Crippen molar-refractivity contribution in [2.24, 2.45) is 0 Å². The lowest BCUT2D eigenvalue weighted by Crippen LogP contribution is -2.02. The Morgan fingerprint density at radius 2 is 2.17 bits per heavy atom. The Bertz CT molecular complexity index is 539. The first-order chi connectivity index (χ1) is 8.60. The van der Waals surface area contributed by atoms with E-state index in [1.165, 1.54) is 0 Å². The van der Waals surface area contributed by atoms with Crippen LogP contribution < -0.4 is 4.74 Å². The van der Waals surface area contributed by atoms with Gasteiger partial charge in [-0.25, -0.2) is 0 Å². The normalized spacial score (nSPS) is 12.4. The van der Waals surface area contributed by atoms with E-state index in [0.29, 0.717) is 12.2 Å². The van der Waals surface area contributed by atoms with E-state index < -0.39 is 6.10 Å². The zero-order chi connectivity index (χ0) is 13.1. The van der Waals surface area contributed by atoms with E-state index in [4.69, 9.17) is 20.8 Å². The van der Waals surface area contributed by atoms with Crippen LogP contribution in [0.15, 0.2) is 39.2 Å². The van der Waals surface area contributed by atoms with Gasteiger partial charge in [0.15, 0.2) is 5.22 Å². The molecule has 0 saturated heterocycles. The van der Waals surface area contributed by atoms with Gasteiger partial charge in [0.2, 0.25) is 0 Å². The fourth-order valence-corrected chi connectivity index (χ4v) is 2.28. The van der Waals surface area contributed by atoms with Gasteiger partial charge in [0.25, 0.3) is 0 Å².